The summed E-state index contributed by atoms with van der Waals surface area (Å²) in [6.07, 6.45) is 0.452. The molecule has 0 aliphatic carbocycles. The molecule has 0 unspecified atom stereocenters. The molecule has 0 bridgehead atoms. The van der Waals surface area contributed by atoms with E-state index in [-0.39, 0.29) is 5.56 Å². The molecule has 0 aliphatic rings. The average molecular weight is 258 g/mol. The van der Waals surface area contributed by atoms with Crippen molar-refractivity contribution in [3.05, 3.63) is 57.5 Å². The van der Waals surface area contributed by atoms with Crippen LogP contribution in [0.5, 0.6) is 0 Å². The molecule has 1 N–H and O–H groups in total. The Morgan fingerprint density at radius 2 is 2.11 bits per heavy atom. The number of nitrogens with zero attached hydrogens (tertiary/aromatic N) is 2. The van der Waals surface area contributed by atoms with Crippen LogP contribution >= 0.6 is 0 Å². The Morgan fingerprint density at radius 1 is 1.37 bits per heavy atom. The highest BCUT2D eigenvalue weighted by Gasteiger charge is 2.14. The number of carboxylic acid groups (broad SMARTS) is 1. The maximum Gasteiger partial charge on any atom is 0.337 e. The summed E-state index contributed by atoms with van der Waals surface area (Å²) in [5.41, 5.74) is 1.56. The third-order valence-electron chi connectivity index (χ3n) is 2.82. The Morgan fingerprint density at radius 3 is 2.68 bits per heavy atom. The molecule has 98 valence electrons. The van der Waals surface area contributed by atoms with Gasteiger partial charge < -0.3 is 5.11 Å². The van der Waals surface area contributed by atoms with E-state index in [1.165, 1.54) is 4.68 Å². The van der Waals surface area contributed by atoms with Crippen LogP contribution in [-0.2, 0) is 6.42 Å². The monoisotopic (exact) mass is 258 g/mol. The van der Waals surface area contributed by atoms with Gasteiger partial charge in [-0.25, -0.2) is 4.79 Å². The summed E-state index contributed by atoms with van der Waals surface area (Å²) in [6.45, 7) is 3.72. The van der Waals surface area contributed by atoms with Gasteiger partial charge in [-0.3, -0.25) is 4.79 Å². The summed E-state index contributed by atoms with van der Waals surface area (Å²) in [7, 11) is 0. The molecule has 1 aromatic carbocycles. The van der Waals surface area contributed by atoms with Crippen LogP contribution in [-0.4, -0.2) is 20.9 Å². The minimum atomic E-state index is -1.13. The van der Waals surface area contributed by atoms with Gasteiger partial charge in [0, 0.05) is 6.07 Å². The van der Waals surface area contributed by atoms with Gasteiger partial charge >= 0.3 is 5.97 Å². The molecule has 0 atom stereocenters. The van der Waals surface area contributed by atoms with Crippen molar-refractivity contribution in [2.75, 3.05) is 0 Å². The highest BCUT2D eigenvalue weighted by molar-refractivity contribution is 5.88. The molecule has 0 radical (unpaired) electrons. The lowest BCUT2D eigenvalue weighted by atomic mass is 10.1. The molecule has 1 aromatic heterocycles. The van der Waals surface area contributed by atoms with Crippen molar-refractivity contribution in [2.24, 2.45) is 0 Å². The standard InChI is InChI=1S/C14H14N2O3/c1-3-12-11(14(18)19)8-13(17)16(15-12)10-6-4-5-9(2)7-10/h4-8H,3H2,1-2H3,(H,18,19). The van der Waals surface area contributed by atoms with Gasteiger partial charge in [-0.1, -0.05) is 19.1 Å². The molecular weight excluding hydrogens is 244 g/mol. The van der Waals surface area contributed by atoms with Crippen LogP contribution in [0.4, 0.5) is 0 Å². The van der Waals surface area contributed by atoms with E-state index in [2.05, 4.69) is 5.10 Å². The van der Waals surface area contributed by atoms with Crippen LogP contribution in [0, 0.1) is 6.92 Å². The second kappa shape index (κ2) is 5.06. The van der Waals surface area contributed by atoms with Crippen molar-refractivity contribution >= 4 is 5.97 Å². The van der Waals surface area contributed by atoms with Crippen molar-refractivity contribution < 1.29 is 9.90 Å². The van der Waals surface area contributed by atoms with Crippen LogP contribution in [0.25, 0.3) is 5.69 Å². The summed E-state index contributed by atoms with van der Waals surface area (Å²) >= 11 is 0. The quantitative estimate of drug-likeness (QED) is 0.911. The van der Waals surface area contributed by atoms with Crippen molar-refractivity contribution in [3.8, 4) is 5.69 Å². The van der Waals surface area contributed by atoms with E-state index in [0.29, 0.717) is 17.8 Å². The molecule has 0 spiro atoms. The summed E-state index contributed by atoms with van der Waals surface area (Å²) in [5, 5.41) is 13.2. The number of hydrogen-bond acceptors (Lipinski definition) is 3. The fraction of sp³-hybridized carbons (Fsp3) is 0.214. The lowest BCUT2D eigenvalue weighted by molar-refractivity contribution is 0.0694. The Hall–Kier alpha value is -2.43. The Kier molecular flexibility index (Phi) is 3.46. The predicted octanol–water partition coefficient (Wildman–Crippen LogP) is 1.80. The van der Waals surface area contributed by atoms with Crippen LogP contribution in [0.2, 0.25) is 0 Å². The largest absolute Gasteiger partial charge is 0.478 e. The zero-order chi connectivity index (χ0) is 14.0. The van der Waals surface area contributed by atoms with E-state index in [0.717, 1.165) is 11.6 Å². The van der Waals surface area contributed by atoms with Gasteiger partial charge in [-0.2, -0.15) is 9.78 Å². The second-order valence-electron chi connectivity index (χ2n) is 4.25. The molecule has 2 rings (SSSR count). The fourth-order valence-corrected chi connectivity index (χ4v) is 1.88. The first-order valence-corrected chi connectivity index (χ1v) is 5.96. The summed E-state index contributed by atoms with van der Waals surface area (Å²) in [5.74, 6) is -1.13. The van der Waals surface area contributed by atoms with Gasteiger partial charge in [0.25, 0.3) is 5.56 Å². The fourth-order valence-electron chi connectivity index (χ4n) is 1.88. The van der Waals surface area contributed by atoms with Gasteiger partial charge in [-0.05, 0) is 31.0 Å². The van der Waals surface area contributed by atoms with Crippen molar-refractivity contribution in [3.63, 3.8) is 0 Å². The SMILES string of the molecule is CCc1nn(-c2cccc(C)c2)c(=O)cc1C(=O)O. The number of aryl methyl sites for hydroxylation is 2. The first kappa shape index (κ1) is 13.0. The summed E-state index contributed by atoms with van der Waals surface area (Å²) in [6, 6.07) is 8.46. The molecule has 0 amide bonds. The number of aromatic nitrogens is 2. The molecule has 0 saturated heterocycles. The third-order valence-corrected chi connectivity index (χ3v) is 2.82. The first-order chi connectivity index (χ1) is 9.02. The van der Waals surface area contributed by atoms with Crippen molar-refractivity contribution in [1.29, 1.82) is 0 Å². The Balaban J connectivity index is 2.66. The van der Waals surface area contributed by atoms with Crippen LogP contribution in [0.3, 0.4) is 0 Å². The van der Waals surface area contributed by atoms with Gasteiger partial charge in [0.2, 0.25) is 0 Å². The van der Waals surface area contributed by atoms with Crippen LogP contribution in [0.1, 0.15) is 28.5 Å². The maximum atomic E-state index is 12.0. The number of benzene rings is 1. The molecule has 1 heterocycles. The number of hydrogen-bond donors (Lipinski definition) is 1. The normalized spacial score (nSPS) is 10.4. The minimum Gasteiger partial charge on any atom is -0.478 e. The third kappa shape index (κ3) is 2.54. The van der Waals surface area contributed by atoms with E-state index < -0.39 is 11.5 Å². The van der Waals surface area contributed by atoms with E-state index in [1.54, 1.807) is 13.0 Å². The lowest BCUT2D eigenvalue weighted by Crippen LogP contribution is -2.24. The maximum absolute atomic E-state index is 12.0. The molecule has 5 nitrogen and oxygen atoms in total. The Labute approximate surface area is 110 Å². The molecular formula is C14H14N2O3. The summed E-state index contributed by atoms with van der Waals surface area (Å²) < 4.78 is 1.23. The van der Waals surface area contributed by atoms with Gasteiger partial charge in [-0.15, -0.1) is 0 Å². The molecule has 19 heavy (non-hydrogen) atoms. The van der Waals surface area contributed by atoms with Crippen LogP contribution < -0.4 is 5.56 Å². The number of rotatable bonds is 3. The Bertz CT molecular complexity index is 689. The first-order valence-electron chi connectivity index (χ1n) is 5.96. The number of aromatic carboxylic acids is 1. The van der Waals surface area contributed by atoms with Gasteiger partial charge in [0.1, 0.15) is 0 Å². The smallest absolute Gasteiger partial charge is 0.337 e. The van der Waals surface area contributed by atoms with Crippen molar-refractivity contribution in [2.45, 2.75) is 20.3 Å². The second-order valence-corrected chi connectivity index (χ2v) is 4.25. The lowest BCUT2D eigenvalue weighted by Gasteiger charge is -2.09. The van der Waals surface area contributed by atoms with E-state index in [4.69, 9.17) is 5.11 Å². The molecule has 2 aromatic rings. The molecule has 0 saturated carbocycles. The molecule has 5 heteroatoms. The van der Waals surface area contributed by atoms with Gasteiger partial charge in [0.15, 0.2) is 0 Å². The molecule has 0 fully saturated rings. The summed E-state index contributed by atoms with van der Waals surface area (Å²) in [4.78, 5) is 23.0. The average Bonchev–Trinajstić information content (AvgIpc) is 2.38. The topological polar surface area (TPSA) is 72.2 Å². The number of carboxylic acids is 1. The highest BCUT2D eigenvalue weighted by atomic mass is 16.4. The zero-order valence-corrected chi connectivity index (χ0v) is 10.8. The molecule has 0 aliphatic heterocycles. The van der Waals surface area contributed by atoms with E-state index in [1.807, 2.05) is 25.1 Å². The van der Waals surface area contributed by atoms with Crippen molar-refractivity contribution in [1.82, 2.24) is 9.78 Å². The highest BCUT2D eigenvalue weighted by Crippen LogP contribution is 2.09. The van der Waals surface area contributed by atoms with E-state index >= 15 is 0 Å². The predicted molar refractivity (Wildman–Crippen MR) is 70.9 cm³/mol. The van der Waals surface area contributed by atoms with E-state index in [9.17, 15) is 9.59 Å². The zero-order valence-electron chi connectivity index (χ0n) is 10.8. The number of carbonyl (C=O) groups is 1. The van der Waals surface area contributed by atoms with Crippen LogP contribution in [0.15, 0.2) is 35.1 Å². The van der Waals surface area contributed by atoms with Gasteiger partial charge in [0.05, 0.1) is 16.9 Å². The minimum absolute atomic E-state index is 0.0311.